The monoisotopic (exact) mass is 681 g/mol. The van der Waals surface area contributed by atoms with Crippen LogP contribution < -0.4 is 0 Å². The minimum atomic E-state index is -1.08. The molecule has 2 unspecified atom stereocenters. The van der Waals surface area contributed by atoms with E-state index in [9.17, 15) is 14.4 Å². The number of rotatable bonds is 37. The summed E-state index contributed by atoms with van der Waals surface area (Å²) in [5, 5.41) is 0. The molecule has 0 spiro atoms. The second kappa shape index (κ2) is 36.8. The molecule has 2 atom stereocenters. The van der Waals surface area contributed by atoms with E-state index in [0.717, 1.165) is 44.9 Å². The highest BCUT2D eigenvalue weighted by Crippen LogP contribution is 2.21. The maximum absolute atomic E-state index is 12.9. The molecule has 6 nitrogen and oxygen atoms in total. The molecule has 0 aromatic carbocycles. The molecular weight excluding hydrogens is 600 g/mol. The average Bonchev–Trinajstić information content (AvgIpc) is 3.08. The molecule has 0 heterocycles. The summed E-state index contributed by atoms with van der Waals surface area (Å²) in [4.78, 5) is 47.1. The zero-order valence-electron chi connectivity index (χ0n) is 32.4. The van der Waals surface area contributed by atoms with Gasteiger partial charge in [-0.05, 0) is 26.2 Å². The van der Waals surface area contributed by atoms with Gasteiger partial charge in [-0.3, -0.25) is 4.79 Å². The van der Waals surface area contributed by atoms with Crippen LogP contribution in [-0.4, -0.2) is 30.4 Å². The molecule has 0 N–H and O–H groups in total. The Bertz CT molecular complexity index is 723. The van der Waals surface area contributed by atoms with Crippen molar-refractivity contribution in [2.75, 3.05) is 6.61 Å². The van der Waals surface area contributed by atoms with Gasteiger partial charge in [-0.1, -0.05) is 201 Å². The topological polar surface area (TPSA) is 78.9 Å². The lowest BCUT2D eigenvalue weighted by molar-refractivity contribution is -0.262. The van der Waals surface area contributed by atoms with Gasteiger partial charge in [0.15, 0.2) is 0 Å². The fraction of sp³-hybridized carbons (Fsp3) is 0.929. The van der Waals surface area contributed by atoms with Crippen LogP contribution >= 0.6 is 0 Å². The molecule has 0 bridgehead atoms. The van der Waals surface area contributed by atoms with E-state index in [4.69, 9.17) is 14.5 Å². The van der Waals surface area contributed by atoms with Crippen molar-refractivity contribution >= 4 is 17.7 Å². The van der Waals surface area contributed by atoms with E-state index in [0.29, 0.717) is 19.4 Å². The molecule has 284 valence electrons. The molecule has 0 aliphatic heterocycles. The first kappa shape index (κ1) is 46.6. The Kier molecular flexibility index (Phi) is 35.7. The summed E-state index contributed by atoms with van der Waals surface area (Å²) in [5.41, 5.74) is 0. The number of Topliss-reactive ketones (excluding diaryl/α,β-unsaturated/α-hetero) is 1. The van der Waals surface area contributed by atoms with Crippen molar-refractivity contribution in [2.24, 2.45) is 5.92 Å². The van der Waals surface area contributed by atoms with E-state index < -0.39 is 23.6 Å². The highest BCUT2D eigenvalue weighted by molar-refractivity contribution is 6.33. The summed E-state index contributed by atoms with van der Waals surface area (Å²) in [7, 11) is 0. The van der Waals surface area contributed by atoms with Gasteiger partial charge in [0.2, 0.25) is 5.78 Å². The average molecular weight is 681 g/mol. The highest BCUT2D eigenvalue weighted by Gasteiger charge is 2.30. The van der Waals surface area contributed by atoms with Crippen LogP contribution in [0, 0.1) is 5.92 Å². The number of unbranched alkanes of at least 4 members (excludes halogenated alkanes) is 27. The van der Waals surface area contributed by atoms with E-state index in [1.165, 1.54) is 141 Å². The Morgan fingerprint density at radius 3 is 1.19 bits per heavy atom. The first-order valence-corrected chi connectivity index (χ1v) is 21.0. The molecular formula is C42H80O6. The third kappa shape index (κ3) is 30.6. The molecule has 0 fully saturated rings. The van der Waals surface area contributed by atoms with Gasteiger partial charge in [0.05, 0.1) is 12.0 Å². The Morgan fingerprint density at radius 2 is 0.792 bits per heavy atom. The smallest absolute Gasteiger partial charge is 0.378 e. The Balaban J connectivity index is 4.11. The molecule has 0 rings (SSSR count). The Hall–Kier alpha value is -1.43. The minimum Gasteiger partial charge on any atom is -0.378 e. The molecule has 0 aromatic rings. The van der Waals surface area contributed by atoms with Crippen LogP contribution in [0.5, 0.6) is 0 Å². The highest BCUT2D eigenvalue weighted by atomic mass is 17.2. The third-order valence-corrected chi connectivity index (χ3v) is 9.80. The van der Waals surface area contributed by atoms with Gasteiger partial charge in [0.1, 0.15) is 0 Å². The molecule has 6 heteroatoms. The second-order valence-corrected chi connectivity index (χ2v) is 14.5. The minimum absolute atomic E-state index is 0.132. The zero-order chi connectivity index (χ0) is 35.3. The lowest BCUT2D eigenvalue weighted by Gasteiger charge is -2.22. The fourth-order valence-corrected chi connectivity index (χ4v) is 6.40. The lowest BCUT2D eigenvalue weighted by Crippen LogP contribution is -2.32. The molecule has 0 saturated carbocycles. The van der Waals surface area contributed by atoms with Crippen LogP contribution in [0.4, 0.5) is 0 Å². The molecule has 0 radical (unpaired) electrons. The number of ether oxygens (including phenoxy) is 1. The van der Waals surface area contributed by atoms with Crippen molar-refractivity contribution in [1.82, 2.24) is 0 Å². The van der Waals surface area contributed by atoms with Crippen LogP contribution in [0.25, 0.3) is 0 Å². The first-order valence-electron chi connectivity index (χ1n) is 21.0. The van der Waals surface area contributed by atoms with Crippen LogP contribution in [-0.2, 0) is 28.9 Å². The van der Waals surface area contributed by atoms with E-state index >= 15 is 0 Å². The van der Waals surface area contributed by atoms with E-state index in [1.54, 1.807) is 0 Å². The predicted molar refractivity (Wildman–Crippen MR) is 201 cm³/mol. The second-order valence-electron chi connectivity index (χ2n) is 14.5. The molecule has 0 saturated heterocycles. The van der Waals surface area contributed by atoms with Gasteiger partial charge in [-0.25, -0.2) is 19.4 Å². The quantitative estimate of drug-likeness (QED) is 0.0281. The van der Waals surface area contributed by atoms with Crippen molar-refractivity contribution in [1.29, 1.82) is 0 Å². The van der Waals surface area contributed by atoms with Crippen molar-refractivity contribution in [3.05, 3.63) is 0 Å². The largest absolute Gasteiger partial charge is 0.421 e. The van der Waals surface area contributed by atoms with Gasteiger partial charge in [0.25, 0.3) is 0 Å². The van der Waals surface area contributed by atoms with E-state index in [1.807, 2.05) is 6.92 Å². The van der Waals surface area contributed by atoms with Crippen LogP contribution in [0.2, 0.25) is 0 Å². The van der Waals surface area contributed by atoms with Crippen LogP contribution in [0.3, 0.4) is 0 Å². The van der Waals surface area contributed by atoms with Gasteiger partial charge in [-0.15, -0.1) is 0 Å². The van der Waals surface area contributed by atoms with Crippen molar-refractivity contribution < 1.29 is 28.9 Å². The van der Waals surface area contributed by atoms with Crippen LogP contribution in [0.15, 0.2) is 0 Å². The first-order chi connectivity index (χ1) is 23.5. The molecule has 0 aliphatic carbocycles. The summed E-state index contributed by atoms with van der Waals surface area (Å²) in [6.45, 7) is 9.09. The van der Waals surface area contributed by atoms with Crippen molar-refractivity contribution in [2.45, 2.75) is 239 Å². The van der Waals surface area contributed by atoms with Crippen molar-refractivity contribution in [3.8, 4) is 0 Å². The molecule has 0 aliphatic rings. The number of hydrogen-bond donors (Lipinski definition) is 0. The number of ketones is 1. The molecule has 0 aromatic heterocycles. The maximum atomic E-state index is 12.9. The van der Waals surface area contributed by atoms with Crippen LogP contribution in [0.1, 0.15) is 233 Å². The maximum Gasteiger partial charge on any atom is 0.421 e. The van der Waals surface area contributed by atoms with Gasteiger partial charge in [-0.2, -0.15) is 0 Å². The number of carbonyl (C=O) groups is 3. The van der Waals surface area contributed by atoms with E-state index in [-0.39, 0.29) is 12.5 Å². The summed E-state index contributed by atoms with van der Waals surface area (Å²) in [6, 6.07) is 0. The SMILES string of the molecule is CCCCCCCCCCCCCCCCC(=O)C(=O)OOC(=O)C(CCCCCCCCCCCCCCCC)C(C)OCCCC. The van der Waals surface area contributed by atoms with Gasteiger partial charge >= 0.3 is 11.9 Å². The zero-order valence-corrected chi connectivity index (χ0v) is 32.4. The summed E-state index contributed by atoms with van der Waals surface area (Å²) >= 11 is 0. The number of carbonyl (C=O) groups excluding carboxylic acids is 3. The Labute approximate surface area is 297 Å². The number of hydrogen-bond acceptors (Lipinski definition) is 6. The van der Waals surface area contributed by atoms with Crippen molar-refractivity contribution in [3.63, 3.8) is 0 Å². The summed E-state index contributed by atoms with van der Waals surface area (Å²) in [5.74, 6) is -2.84. The lowest BCUT2D eigenvalue weighted by atomic mass is 9.95. The molecule has 48 heavy (non-hydrogen) atoms. The standard InChI is InChI=1S/C42H80O6/c1-5-8-11-13-15-17-19-21-23-25-27-29-31-33-35-39(38(4)46-37-10-7-3)41(44)47-48-42(45)40(43)36-34-32-30-28-26-24-22-20-18-16-14-12-9-6-2/h38-39H,5-37H2,1-4H3. The van der Waals surface area contributed by atoms with Gasteiger partial charge < -0.3 is 4.74 Å². The van der Waals surface area contributed by atoms with E-state index in [2.05, 4.69) is 20.8 Å². The normalized spacial score (nSPS) is 12.6. The predicted octanol–water partition coefficient (Wildman–Crippen LogP) is 13.1. The summed E-state index contributed by atoms with van der Waals surface area (Å²) < 4.78 is 5.92. The van der Waals surface area contributed by atoms with Gasteiger partial charge in [0, 0.05) is 13.0 Å². The summed E-state index contributed by atoms with van der Waals surface area (Å²) in [6.07, 6.45) is 37.4. The molecule has 0 amide bonds. The fourth-order valence-electron chi connectivity index (χ4n) is 6.40. The third-order valence-electron chi connectivity index (χ3n) is 9.80. The Morgan fingerprint density at radius 1 is 0.438 bits per heavy atom.